The first-order chi connectivity index (χ1) is 11.5. The molecule has 0 aliphatic carbocycles. The van der Waals surface area contributed by atoms with Crippen LogP contribution in [0.3, 0.4) is 0 Å². The summed E-state index contributed by atoms with van der Waals surface area (Å²) in [5, 5.41) is 13.8. The van der Waals surface area contributed by atoms with Gasteiger partial charge in [-0.05, 0) is 18.6 Å². The average molecular weight is 350 g/mol. The van der Waals surface area contributed by atoms with Crippen LogP contribution in [0.1, 0.15) is 16.8 Å². The van der Waals surface area contributed by atoms with Crippen molar-refractivity contribution >= 4 is 23.3 Å². The number of hydrogen-bond donors (Lipinski definition) is 1. The molecule has 2 heterocycles. The van der Waals surface area contributed by atoms with Gasteiger partial charge in [-0.25, -0.2) is 4.79 Å². The number of nitrogens with zero attached hydrogens (tertiary/aromatic N) is 3. The molecule has 3 rings (SSSR count). The highest BCUT2D eigenvalue weighted by atomic mass is 35.5. The Morgan fingerprint density at radius 1 is 1.38 bits per heavy atom. The van der Waals surface area contributed by atoms with E-state index in [4.69, 9.17) is 16.3 Å². The normalized spacial score (nSPS) is 17.1. The molecule has 0 spiro atoms. The van der Waals surface area contributed by atoms with Gasteiger partial charge in [-0.2, -0.15) is 9.78 Å². The van der Waals surface area contributed by atoms with E-state index in [0.29, 0.717) is 30.9 Å². The predicted molar refractivity (Wildman–Crippen MR) is 89.0 cm³/mol. The molecule has 24 heavy (non-hydrogen) atoms. The maximum absolute atomic E-state index is 12.6. The molecule has 8 heteroatoms. The van der Waals surface area contributed by atoms with E-state index in [1.54, 1.807) is 24.3 Å². The molecule has 1 aromatic carbocycles. The van der Waals surface area contributed by atoms with Crippen LogP contribution in [0.15, 0.2) is 35.3 Å². The molecule has 1 aromatic heterocycles. The standard InChI is InChI=1S/C16H16ClN3O4/c1-24-16(23)11-4-2-3-5-12(11)20-15(22)14(17)13(8-18-20)19-7-6-10(21)9-19/h2-5,8,10,21H,6-7,9H2,1H3/t10-/m0/s1. The quantitative estimate of drug-likeness (QED) is 0.839. The van der Waals surface area contributed by atoms with Crippen molar-refractivity contribution in [2.24, 2.45) is 0 Å². The van der Waals surface area contributed by atoms with Crippen LogP contribution in [0.5, 0.6) is 0 Å². The van der Waals surface area contributed by atoms with E-state index in [-0.39, 0.29) is 10.6 Å². The highest BCUT2D eigenvalue weighted by Crippen LogP contribution is 2.26. The van der Waals surface area contributed by atoms with E-state index in [9.17, 15) is 14.7 Å². The van der Waals surface area contributed by atoms with Crippen LogP contribution in [0, 0.1) is 0 Å². The lowest BCUT2D eigenvalue weighted by atomic mass is 10.2. The lowest BCUT2D eigenvalue weighted by Crippen LogP contribution is -2.28. The van der Waals surface area contributed by atoms with Crippen molar-refractivity contribution in [1.82, 2.24) is 9.78 Å². The zero-order valence-electron chi connectivity index (χ0n) is 13.0. The van der Waals surface area contributed by atoms with Crippen LogP contribution in [0.2, 0.25) is 5.02 Å². The highest BCUT2D eigenvalue weighted by molar-refractivity contribution is 6.33. The number of β-amino-alcohol motifs (C(OH)–C–C–N with tert-alkyl or cyclic N) is 1. The Bertz CT molecular complexity index is 836. The number of hydrogen-bond acceptors (Lipinski definition) is 6. The maximum Gasteiger partial charge on any atom is 0.340 e. The number of aromatic nitrogens is 2. The molecule has 0 bridgehead atoms. The van der Waals surface area contributed by atoms with Gasteiger partial charge in [-0.1, -0.05) is 23.7 Å². The van der Waals surface area contributed by atoms with E-state index >= 15 is 0 Å². The van der Waals surface area contributed by atoms with Crippen molar-refractivity contribution in [3.05, 3.63) is 51.4 Å². The number of anilines is 1. The Hall–Kier alpha value is -2.38. The van der Waals surface area contributed by atoms with Crippen molar-refractivity contribution in [3.8, 4) is 5.69 Å². The molecule has 7 nitrogen and oxygen atoms in total. The summed E-state index contributed by atoms with van der Waals surface area (Å²) < 4.78 is 5.81. The summed E-state index contributed by atoms with van der Waals surface area (Å²) in [6, 6.07) is 6.50. The predicted octanol–water partition coefficient (Wildman–Crippen LogP) is 1.24. The van der Waals surface area contributed by atoms with Gasteiger partial charge in [0.1, 0.15) is 5.02 Å². The second kappa shape index (κ2) is 6.62. The summed E-state index contributed by atoms with van der Waals surface area (Å²) in [6.07, 6.45) is 1.64. The molecule has 126 valence electrons. The van der Waals surface area contributed by atoms with Crippen molar-refractivity contribution in [1.29, 1.82) is 0 Å². The molecule has 1 aliphatic heterocycles. The van der Waals surface area contributed by atoms with Gasteiger partial charge in [0.25, 0.3) is 5.56 Å². The zero-order chi connectivity index (χ0) is 17.3. The summed E-state index contributed by atoms with van der Waals surface area (Å²) in [5.74, 6) is -0.567. The van der Waals surface area contributed by atoms with E-state index < -0.39 is 17.6 Å². The Balaban J connectivity index is 2.07. The Kier molecular flexibility index (Phi) is 4.55. The topological polar surface area (TPSA) is 84.7 Å². The van der Waals surface area contributed by atoms with Gasteiger partial charge in [0.05, 0.1) is 36.3 Å². The minimum atomic E-state index is -0.567. The number of ether oxygens (including phenoxy) is 1. The molecule has 0 radical (unpaired) electrons. The first-order valence-electron chi connectivity index (χ1n) is 7.41. The Labute approximate surface area is 143 Å². The number of aliphatic hydroxyl groups is 1. The zero-order valence-corrected chi connectivity index (χ0v) is 13.7. The number of carbonyl (C=O) groups is 1. The Morgan fingerprint density at radius 3 is 2.79 bits per heavy atom. The fraction of sp³-hybridized carbons (Fsp3) is 0.312. The largest absolute Gasteiger partial charge is 0.465 e. The van der Waals surface area contributed by atoms with Gasteiger partial charge in [-0.15, -0.1) is 0 Å². The monoisotopic (exact) mass is 349 g/mol. The third-order valence-electron chi connectivity index (χ3n) is 3.94. The lowest BCUT2D eigenvalue weighted by Gasteiger charge is -2.19. The summed E-state index contributed by atoms with van der Waals surface area (Å²) in [6.45, 7) is 1.01. The number of para-hydroxylation sites is 1. The molecule has 2 aromatic rings. The third kappa shape index (κ3) is 2.88. The second-order valence-corrected chi connectivity index (χ2v) is 5.84. The number of halogens is 1. The molecule has 1 atom stereocenters. The van der Waals surface area contributed by atoms with E-state index in [0.717, 1.165) is 4.68 Å². The van der Waals surface area contributed by atoms with E-state index in [1.165, 1.54) is 13.3 Å². The van der Waals surface area contributed by atoms with Gasteiger partial charge in [-0.3, -0.25) is 4.79 Å². The van der Waals surface area contributed by atoms with Crippen LogP contribution in [0.25, 0.3) is 5.69 Å². The van der Waals surface area contributed by atoms with Crippen LogP contribution in [-0.2, 0) is 4.74 Å². The fourth-order valence-electron chi connectivity index (χ4n) is 2.72. The number of benzene rings is 1. The van der Waals surface area contributed by atoms with Crippen LogP contribution in [0.4, 0.5) is 5.69 Å². The molecule has 0 unspecified atom stereocenters. The minimum Gasteiger partial charge on any atom is -0.465 e. The van der Waals surface area contributed by atoms with Crippen molar-refractivity contribution in [2.75, 3.05) is 25.1 Å². The number of aliphatic hydroxyl groups excluding tert-OH is 1. The summed E-state index contributed by atoms with van der Waals surface area (Å²) in [7, 11) is 1.27. The molecule has 1 saturated heterocycles. The summed E-state index contributed by atoms with van der Waals surface area (Å²) in [4.78, 5) is 26.3. The lowest BCUT2D eigenvalue weighted by molar-refractivity contribution is 0.0600. The van der Waals surface area contributed by atoms with E-state index in [1.807, 2.05) is 4.90 Å². The van der Waals surface area contributed by atoms with E-state index in [2.05, 4.69) is 5.10 Å². The molecule has 0 saturated carbocycles. The number of rotatable bonds is 3. The maximum atomic E-state index is 12.6. The van der Waals surface area contributed by atoms with Gasteiger partial charge < -0.3 is 14.7 Å². The molecule has 1 fully saturated rings. The number of carbonyl (C=O) groups excluding carboxylic acids is 1. The summed E-state index contributed by atoms with van der Waals surface area (Å²) >= 11 is 6.23. The average Bonchev–Trinajstić information content (AvgIpc) is 3.02. The van der Waals surface area contributed by atoms with Crippen LogP contribution in [-0.4, -0.2) is 47.2 Å². The molecule has 1 N–H and O–H groups in total. The van der Waals surface area contributed by atoms with Gasteiger partial charge in [0, 0.05) is 13.1 Å². The smallest absolute Gasteiger partial charge is 0.340 e. The first-order valence-corrected chi connectivity index (χ1v) is 7.79. The second-order valence-electron chi connectivity index (χ2n) is 5.46. The van der Waals surface area contributed by atoms with Crippen LogP contribution < -0.4 is 10.5 Å². The number of methoxy groups -OCH3 is 1. The highest BCUT2D eigenvalue weighted by Gasteiger charge is 2.25. The molecule has 0 amide bonds. The third-order valence-corrected chi connectivity index (χ3v) is 4.30. The van der Waals surface area contributed by atoms with Gasteiger partial charge in [0.2, 0.25) is 0 Å². The van der Waals surface area contributed by atoms with Gasteiger partial charge in [0.15, 0.2) is 0 Å². The first kappa shape index (κ1) is 16.5. The van der Waals surface area contributed by atoms with Crippen LogP contribution >= 0.6 is 11.6 Å². The van der Waals surface area contributed by atoms with Crippen molar-refractivity contribution in [3.63, 3.8) is 0 Å². The molecular formula is C16H16ClN3O4. The molecular weight excluding hydrogens is 334 g/mol. The summed E-state index contributed by atoms with van der Waals surface area (Å²) in [5.41, 5.74) is 0.455. The minimum absolute atomic E-state index is 0.00114. The molecule has 1 aliphatic rings. The fourth-order valence-corrected chi connectivity index (χ4v) is 2.97. The SMILES string of the molecule is COC(=O)c1ccccc1-n1ncc(N2CC[C@H](O)C2)c(Cl)c1=O. The number of esters is 1. The Morgan fingerprint density at radius 2 is 2.12 bits per heavy atom. The van der Waals surface area contributed by atoms with Gasteiger partial charge >= 0.3 is 5.97 Å². The van der Waals surface area contributed by atoms with Crippen molar-refractivity contribution in [2.45, 2.75) is 12.5 Å². The van der Waals surface area contributed by atoms with Crippen molar-refractivity contribution < 1.29 is 14.6 Å².